The van der Waals surface area contributed by atoms with E-state index in [2.05, 4.69) is 10.6 Å². The number of ether oxygens (including phenoxy) is 1. The van der Waals surface area contributed by atoms with Gasteiger partial charge in [0.05, 0.1) is 0 Å². The van der Waals surface area contributed by atoms with Gasteiger partial charge in [0.15, 0.2) is 0 Å². The summed E-state index contributed by atoms with van der Waals surface area (Å²) in [4.78, 5) is 23.6. The number of hydrogen-bond acceptors (Lipinski definition) is 3. The largest absolute Gasteiger partial charge is 0.444 e. The molecule has 0 aliphatic rings. The monoisotopic (exact) mass is 258 g/mol. The molecule has 0 aliphatic carbocycles. The maximum absolute atomic E-state index is 11.9. The Morgan fingerprint density at radius 1 is 1.00 bits per heavy atom. The number of hydrogen-bond donors (Lipinski definition) is 2. The summed E-state index contributed by atoms with van der Waals surface area (Å²) in [6.45, 7) is 12.9. The van der Waals surface area contributed by atoms with Crippen molar-refractivity contribution in [1.82, 2.24) is 10.6 Å². The molecule has 0 saturated heterocycles. The number of nitrogens with one attached hydrogen (secondary N) is 2. The van der Waals surface area contributed by atoms with E-state index >= 15 is 0 Å². The summed E-state index contributed by atoms with van der Waals surface area (Å²) in [5.74, 6) is -0.192. The van der Waals surface area contributed by atoms with Gasteiger partial charge in [-0.05, 0) is 40.5 Å². The molecule has 0 aromatic heterocycles. The Balaban J connectivity index is 4.54. The van der Waals surface area contributed by atoms with Gasteiger partial charge in [0.25, 0.3) is 0 Å². The van der Waals surface area contributed by atoms with E-state index in [0.717, 1.165) is 0 Å². The van der Waals surface area contributed by atoms with Crippen LogP contribution in [0.1, 0.15) is 48.5 Å². The van der Waals surface area contributed by atoms with Gasteiger partial charge in [-0.2, -0.15) is 0 Å². The lowest BCUT2D eigenvalue weighted by Gasteiger charge is -2.25. The number of alkyl carbamates (subject to hydrolysis) is 1. The summed E-state index contributed by atoms with van der Waals surface area (Å²) < 4.78 is 5.14. The van der Waals surface area contributed by atoms with Crippen LogP contribution in [0.2, 0.25) is 0 Å². The molecule has 106 valence electrons. The van der Waals surface area contributed by atoms with E-state index in [1.165, 1.54) is 0 Å². The lowest BCUT2D eigenvalue weighted by Crippen LogP contribution is -2.52. The number of amides is 2. The standard InChI is InChI=1S/C13H26N2O3/c1-8(2)10(11(16)14-9(3)4)15-12(17)18-13(5,6)7/h8-10H,1-7H3,(H,14,16)(H,15,17). The molecule has 0 heterocycles. The molecule has 5 nitrogen and oxygen atoms in total. The van der Waals surface area contributed by atoms with Gasteiger partial charge in [0.1, 0.15) is 11.6 Å². The van der Waals surface area contributed by atoms with Crippen LogP contribution in [0.25, 0.3) is 0 Å². The van der Waals surface area contributed by atoms with Crippen LogP contribution in [-0.4, -0.2) is 29.7 Å². The Bertz CT molecular complexity index is 293. The molecule has 0 bridgehead atoms. The topological polar surface area (TPSA) is 67.4 Å². The molecular formula is C13H26N2O3. The second-order valence-electron chi connectivity index (χ2n) is 6.03. The van der Waals surface area contributed by atoms with Crippen molar-refractivity contribution in [2.45, 2.75) is 66.2 Å². The highest BCUT2D eigenvalue weighted by molar-refractivity contribution is 5.86. The average Bonchev–Trinajstić information content (AvgIpc) is 2.09. The van der Waals surface area contributed by atoms with Crippen molar-refractivity contribution in [2.75, 3.05) is 0 Å². The number of carbonyl (C=O) groups is 2. The third-order valence-electron chi connectivity index (χ3n) is 2.05. The highest BCUT2D eigenvalue weighted by atomic mass is 16.6. The molecule has 2 N–H and O–H groups in total. The van der Waals surface area contributed by atoms with Crippen molar-refractivity contribution in [3.63, 3.8) is 0 Å². The minimum atomic E-state index is -0.581. The third kappa shape index (κ3) is 7.14. The summed E-state index contributed by atoms with van der Waals surface area (Å²) >= 11 is 0. The van der Waals surface area contributed by atoms with E-state index in [4.69, 9.17) is 4.74 Å². The Labute approximate surface area is 110 Å². The molecule has 18 heavy (non-hydrogen) atoms. The number of rotatable bonds is 4. The van der Waals surface area contributed by atoms with Crippen molar-refractivity contribution in [1.29, 1.82) is 0 Å². The summed E-state index contributed by atoms with van der Waals surface area (Å²) in [7, 11) is 0. The molecule has 0 aromatic rings. The Morgan fingerprint density at radius 2 is 1.50 bits per heavy atom. The smallest absolute Gasteiger partial charge is 0.408 e. The molecule has 5 heteroatoms. The van der Waals surface area contributed by atoms with Crippen molar-refractivity contribution < 1.29 is 14.3 Å². The van der Waals surface area contributed by atoms with Crippen LogP contribution in [0.3, 0.4) is 0 Å². The predicted octanol–water partition coefficient (Wildman–Crippen LogP) is 2.06. The molecule has 0 saturated carbocycles. The van der Waals surface area contributed by atoms with E-state index < -0.39 is 17.7 Å². The lowest BCUT2D eigenvalue weighted by molar-refractivity contribution is -0.124. The maximum atomic E-state index is 11.9. The van der Waals surface area contributed by atoms with E-state index in [0.29, 0.717) is 0 Å². The fourth-order valence-electron chi connectivity index (χ4n) is 1.34. The third-order valence-corrected chi connectivity index (χ3v) is 2.05. The van der Waals surface area contributed by atoms with E-state index in [-0.39, 0.29) is 17.9 Å². The van der Waals surface area contributed by atoms with Crippen molar-refractivity contribution in [3.8, 4) is 0 Å². The van der Waals surface area contributed by atoms with Crippen molar-refractivity contribution in [3.05, 3.63) is 0 Å². The fraction of sp³-hybridized carbons (Fsp3) is 0.846. The first-order chi connectivity index (χ1) is 8.03. The second kappa shape index (κ2) is 6.61. The molecule has 0 aliphatic heterocycles. The Morgan fingerprint density at radius 3 is 1.83 bits per heavy atom. The Kier molecular flexibility index (Phi) is 6.15. The molecule has 0 fully saturated rings. The van der Waals surface area contributed by atoms with Gasteiger partial charge in [0, 0.05) is 6.04 Å². The van der Waals surface area contributed by atoms with Gasteiger partial charge in [-0.15, -0.1) is 0 Å². The van der Waals surface area contributed by atoms with Crippen LogP contribution in [-0.2, 0) is 9.53 Å². The Hall–Kier alpha value is -1.26. The van der Waals surface area contributed by atoms with E-state index in [9.17, 15) is 9.59 Å². The van der Waals surface area contributed by atoms with Crippen LogP contribution in [0.5, 0.6) is 0 Å². The SMILES string of the molecule is CC(C)NC(=O)C(NC(=O)OC(C)(C)C)C(C)C. The zero-order valence-electron chi connectivity index (χ0n) is 12.5. The van der Waals surface area contributed by atoms with Crippen LogP contribution >= 0.6 is 0 Å². The minimum Gasteiger partial charge on any atom is -0.444 e. The van der Waals surface area contributed by atoms with Crippen LogP contribution < -0.4 is 10.6 Å². The van der Waals surface area contributed by atoms with Crippen LogP contribution in [0.4, 0.5) is 4.79 Å². The molecular weight excluding hydrogens is 232 g/mol. The summed E-state index contributed by atoms with van der Waals surface area (Å²) in [5, 5.41) is 5.39. The van der Waals surface area contributed by atoms with Crippen molar-refractivity contribution >= 4 is 12.0 Å². The molecule has 1 atom stereocenters. The van der Waals surface area contributed by atoms with Gasteiger partial charge in [0.2, 0.25) is 5.91 Å². The first kappa shape index (κ1) is 16.7. The highest BCUT2D eigenvalue weighted by Gasteiger charge is 2.26. The van der Waals surface area contributed by atoms with Crippen LogP contribution in [0.15, 0.2) is 0 Å². The minimum absolute atomic E-state index is 0.00346. The molecule has 0 radical (unpaired) electrons. The van der Waals surface area contributed by atoms with Gasteiger partial charge >= 0.3 is 6.09 Å². The predicted molar refractivity (Wildman–Crippen MR) is 71.3 cm³/mol. The maximum Gasteiger partial charge on any atom is 0.408 e. The first-order valence-corrected chi connectivity index (χ1v) is 6.33. The fourth-order valence-corrected chi connectivity index (χ4v) is 1.34. The normalized spacial score (nSPS) is 13.4. The summed E-state index contributed by atoms with van der Waals surface area (Å²) in [5.41, 5.74) is -0.569. The molecule has 0 aromatic carbocycles. The molecule has 2 amide bonds. The molecule has 0 spiro atoms. The number of carbonyl (C=O) groups excluding carboxylic acids is 2. The zero-order chi connectivity index (χ0) is 14.5. The van der Waals surface area contributed by atoms with Gasteiger partial charge < -0.3 is 15.4 Å². The van der Waals surface area contributed by atoms with Crippen LogP contribution in [0, 0.1) is 5.92 Å². The van der Waals surface area contributed by atoms with Gasteiger partial charge in [-0.25, -0.2) is 4.79 Å². The highest BCUT2D eigenvalue weighted by Crippen LogP contribution is 2.09. The zero-order valence-corrected chi connectivity index (χ0v) is 12.5. The summed E-state index contributed by atoms with van der Waals surface area (Å²) in [6, 6.07) is -0.540. The van der Waals surface area contributed by atoms with Gasteiger partial charge in [-0.3, -0.25) is 4.79 Å². The summed E-state index contributed by atoms with van der Waals surface area (Å²) in [6.07, 6.45) is -0.569. The quantitative estimate of drug-likeness (QED) is 0.811. The lowest BCUT2D eigenvalue weighted by atomic mass is 10.0. The van der Waals surface area contributed by atoms with Crippen molar-refractivity contribution in [2.24, 2.45) is 5.92 Å². The second-order valence-corrected chi connectivity index (χ2v) is 6.03. The molecule has 1 unspecified atom stereocenters. The van der Waals surface area contributed by atoms with E-state index in [1.54, 1.807) is 20.8 Å². The van der Waals surface area contributed by atoms with Gasteiger partial charge in [-0.1, -0.05) is 13.8 Å². The first-order valence-electron chi connectivity index (χ1n) is 6.33. The van der Waals surface area contributed by atoms with E-state index in [1.807, 2.05) is 27.7 Å². The molecule has 0 rings (SSSR count). The average molecular weight is 258 g/mol.